The van der Waals surface area contributed by atoms with Crippen LogP contribution in [0.5, 0.6) is 0 Å². The molecule has 0 aromatic heterocycles. The smallest absolute Gasteiger partial charge is 0.399 e. The Bertz CT molecular complexity index is 1740. The van der Waals surface area contributed by atoms with Crippen molar-refractivity contribution < 1.29 is 123 Å². The van der Waals surface area contributed by atoms with Crippen LogP contribution in [0, 0.1) is 0 Å². The van der Waals surface area contributed by atoms with Crippen LogP contribution in [0.3, 0.4) is 0 Å². The predicted octanol–water partition coefficient (Wildman–Crippen LogP) is 5.38. The summed E-state index contributed by atoms with van der Waals surface area (Å²) >= 11 is 3.76. The van der Waals surface area contributed by atoms with E-state index in [-0.39, 0.29) is 141 Å². The van der Waals surface area contributed by atoms with Crippen LogP contribution in [-0.4, -0.2) is 208 Å². The second kappa shape index (κ2) is 43.6. The molecule has 1 fully saturated rings. The summed E-state index contributed by atoms with van der Waals surface area (Å²) in [6.45, 7) is 10.8. The summed E-state index contributed by atoms with van der Waals surface area (Å²) in [5, 5.41) is 0. The minimum absolute atomic E-state index is 0.0137. The number of hydrogen-bond donors (Lipinski definition) is 0. The summed E-state index contributed by atoms with van der Waals surface area (Å²) in [6.07, 6.45) is 3.04. The summed E-state index contributed by atoms with van der Waals surface area (Å²) in [6, 6.07) is 13.0. The number of hydrogen-bond acceptors (Lipinski definition) is 26. The molecule has 0 bridgehead atoms. The van der Waals surface area contributed by atoms with E-state index in [0.29, 0.717) is 39.6 Å². The van der Waals surface area contributed by atoms with Gasteiger partial charge in [-0.25, -0.2) is 0 Å². The van der Waals surface area contributed by atoms with E-state index in [4.69, 9.17) is 123 Å². The van der Waals surface area contributed by atoms with Gasteiger partial charge in [0.1, 0.15) is 27.2 Å². The molecule has 0 unspecified atom stereocenters. The second-order valence-electron chi connectivity index (χ2n) is 18.0. The standard InChI is InChI=1S/C51H84BBrO26/c1-49(2)50(3,4)79-52(78-49)43-9-11-45-46-12-10-44(53)22-48(46)51(47(45)21-43,13-7-15-56-23-60-27-64-31-68-35-72-39-76-41-74-37-70-33-66-29-62-25-58-19-17-54-5)14-8-16-57-24-61-28-65-32-69-36-73-40-77-42-75-38-71-34-67-30-63-26-59-20-18-55-6/h9-12,21-22H,7-8,13-20,23-42H2,1-6H3. The van der Waals surface area contributed by atoms with Crippen molar-refractivity contribution in [2.75, 3.05) is 190 Å². The number of rotatable bonds is 55. The fourth-order valence-corrected chi connectivity index (χ4v) is 7.90. The average molecular weight is 1200 g/mol. The number of methoxy groups -OCH3 is 2. The largest absolute Gasteiger partial charge is 0.494 e. The molecular weight excluding hydrogens is 1120 g/mol. The Balaban J connectivity index is 1.09. The first-order valence-corrected chi connectivity index (χ1v) is 26.4. The van der Waals surface area contributed by atoms with E-state index in [1.807, 2.05) is 0 Å². The highest BCUT2D eigenvalue weighted by Crippen LogP contribution is 2.54. The SMILES string of the molecule is COCCOCOCOCOCOCOCOCOCOCOCOCCCC1(CCCOCOCOCOCOCOCOCOCOCOCOCCOC)c2cc(Br)ccc2-c2ccc(B3OC(C)(C)C(C)(C)O3)cc21. The summed E-state index contributed by atoms with van der Waals surface area (Å²) in [5.41, 5.74) is 4.40. The highest BCUT2D eigenvalue weighted by atomic mass is 79.9. The van der Waals surface area contributed by atoms with E-state index >= 15 is 0 Å². The maximum Gasteiger partial charge on any atom is 0.494 e. The highest BCUT2D eigenvalue weighted by Gasteiger charge is 2.52. The predicted molar refractivity (Wildman–Crippen MR) is 279 cm³/mol. The lowest BCUT2D eigenvalue weighted by Gasteiger charge is -2.33. The zero-order valence-electron chi connectivity index (χ0n) is 46.7. The van der Waals surface area contributed by atoms with Crippen molar-refractivity contribution in [3.63, 3.8) is 0 Å². The molecule has 2 aromatic rings. The van der Waals surface area contributed by atoms with Gasteiger partial charge in [-0.2, -0.15) is 0 Å². The van der Waals surface area contributed by atoms with Gasteiger partial charge in [0.2, 0.25) is 0 Å². The van der Waals surface area contributed by atoms with Crippen molar-refractivity contribution >= 4 is 28.5 Å². The van der Waals surface area contributed by atoms with Gasteiger partial charge in [0, 0.05) is 37.3 Å². The Morgan fingerprint density at radius 1 is 0.354 bits per heavy atom. The van der Waals surface area contributed by atoms with E-state index in [9.17, 15) is 0 Å². The van der Waals surface area contributed by atoms with Gasteiger partial charge in [-0.05, 0) is 93.2 Å². The number of benzene rings is 2. The normalized spacial score (nSPS) is 15.2. The quantitative estimate of drug-likeness (QED) is 0.0459. The third-order valence-electron chi connectivity index (χ3n) is 11.9. The van der Waals surface area contributed by atoms with Crippen LogP contribution in [0.2, 0.25) is 0 Å². The molecule has 1 heterocycles. The molecule has 1 aliphatic carbocycles. The molecule has 2 aromatic carbocycles. The van der Waals surface area contributed by atoms with Crippen molar-refractivity contribution in [3.8, 4) is 11.1 Å². The molecule has 0 amide bonds. The van der Waals surface area contributed by atoms with E-state index in [1.54, 1.807) is 14.2 Å². The van der Waals surface area contributed by atoms with Gasteiger partial charge in [0.15, 0.2) is 109 Å². The molecule has 28 heteroatoms. The Morgan fingerprint density at radius 2 is 0.633 bits per heavy atom. The number of halogens is 1. The molecule has 1 aliphatic heterocycles. The van der Waals surface area contributed by atoms with Gasteiger partial charge in [0.25, 0.3) is 0 Å². The lowest BCUT2D eigenvalue weighted by Crippen LogP contribution is -2.41. The highest BCUT2D eigenvalue weighted by molar-refractivity contribution is 9.10. The monoisotopic (exact) mass is 1200 g/mol. The fraction of sp³-hybridized carbons (Fsp3) is 0.765. The van der Waals surface area contributed by atoms with Crippen molar-refractivity contribution in [1.29, 1.82) is 0 Å². The molecule has 0 spiro atoms. The lowest BCUT2D eigenvalue weighted by molar-refractivity contribution is -0.232. The second-order valence-corrected chi connectivity index (χ2v) is 18.9. The van der Waals surface area contributed by atoms with Crippen LogP contribution in [0.25, 0.3) is 11.1 Å². The molecule has 454 valence electrons. The van der Waals surface area contributed by atoms with Crippen molar-refractivity contribution in [1.82, 2.24) is 0 Å². The molecular formula is C51H84BBrO26. The first-order valence-electron chi connectivity index (χ1n) is 25.6. The van der Waals surface area contributed by atoms with Gasteiger partial charge in [-0.3, -0.25) is 0 Å². The summed E-state index contributed by atoms with van der Waals surface area (Å²) in [4.78, 5) is 0. The summed E-state index contributed by atoms with van der Waals surface area (Å²) in [7, 11) is 2.67. The molecule has 0 N–H and O–H groups in total. The molecule has 0 saturated carbocycles. The summed E-state index contributed by atoms with van der Waals surface area (Å²) < 4.78 is 140. The first kappa shape index (κ1) is 69.4. The number of ether oxygens (including phenoxy) is 24. The van der Waals surface area contributed by atoms with E-state index in [1.165, 1.54) is 22.3 Å². The first-order chi connectivity index (χ1) is 38.6. The molecule has 79 heavy (non-hydrogen) atoms. The van der Waals surface area contributed by atoms with Gasteiger partial charge >= 0.3 is 7.12 Å². The van der Waals surface area contributed by atoms with Gasteiger partial charge in [-0.15, -0.1) is 0 Å². The van der Waals surface area contributed by atoms with E-state index in [0.717, 1.165) is 35.6 Å². The Kier molecular flexibility index (Phi) is 38.3. The number of fused-ring (bicyclic) bond motifs is 3. The van der Waals surface area contributed by atoms with Crippen LogP contribution < -0.4 is 5.46 Å². The van der Waals surface area contributed by atoms with Crippen LogP contribution in [0.15, 0.2) is 40.9 Å². The summed E-state index contributed by atoms with van der Waals surface area (Å²) in [5.74, 6) is 0. The zero-order chi connectivity index (χ0) is 56.4. The fourth-order valence-electron chi connectivity index (χ4n) is 7.54. The van der Waals surface area contributed by atoms with Gasteiger partial charge in [0.05, 0.1) is 37.6 Å². The van der Waals surface area contributed by atoms with Crippen LogP contribution in [0.1, 0.15) is 64.5 Å². The van der Waals surface area contributed by atoms with Crippen molar-refractivity contribution in [2.24, 2.45) is 0 Å². The maximum atomic E-state index is 6.52. The van der Waals surface area contributed by atoms with Crippen LogP contribution >= 0.6 is 15.9 Å². The van der Waals surface area contributed by atoms with E-state index in [2.05, 4.69) is 80.0 Å². The third-order valence-corrected chi connectivity index (χ3v) is 12.3. The molecule has 0 atom stereocenters. The Labute approximate surface area is 472 Å². The minimum Gasteiger partial charge on any atom is -0.399 e. The Morgan fingerprint density at radius 3 is 0.949 bits per heavy atom. The van der Waals surface area contributed by atoms with Gasteiger partial charge < -0.3 is 123 Å². The molecule has 2 aliphatic rings. The molecule has 4 rings (SSSR count). The topological polar surface area (TPSA) is 240 Å². The molecule has 0 radical (unpaired) electrons. The van der Waals surface area contributed by atoms with Crippen molar-refractivity contribution in [2.45, 2.75) is 70.0 Å². The third kappa shape index (κ3) is 28.4. The van der Waals surface area contributed by atoms with Crippen molar-refractivity contribution in [3.05, 3.63) is 52.0 Å². The minimum atomic E-state index is -0.518. The lowest BCUT2D eigenvalue weighted by atomic mass is 9.69. The van der Waals surface area contributed by atoms with Crippen LogP contribution in [-0.2, 0) is 128 Å². The zero-order valence-corrected chi connectivity index (χ0v) is 48.3. The van der Waals surface area contributed by atoms with E-state index < -0.39 is 18.3 Å². The van der Waals surface area contributed by atoms with Gasteiger partial charge in [-0.1, -0.05) is 40.2 Å². The van der Waals surface area contributed by atoms with Crippen LogP contribution in [0.4, 0.5) is 0 Å². The molecule has 26 nitrogen and oxygen atoms in total. The Hall–Kier alpha value is -2.06. The maximum absolute atomic E-state index is 6.52. The molecule has 1 saturated heterocycles. The average Bonchev–Trinajstić information content (AvgIpc) is 4.06.